The van der Waals surface area contributed by atoms with Gasteiger partial charge in [0, 0.05) is 11.6 Å². The molecule has 0 spiro atoms. The van der Waals surface area contributed by atoms with Crippen LogP contribution in [0.1, 0.15) is 11.1 Å². The molecule has 6 N–H and O–H groups in total. The smallest absolute Gasteiger partial charge is 0.344 e. The lowest BCUT2D eigenvalue weighted by Gasteiger charge is -2.39. The van der Waals surface area contributed by atoms with E-state index in [1.165, 1.54) is 24.3 Å². The molecule has 0 saturated carbocycles. The van der Waals surface area contributed by atoms with Crippen LogP contribution in [0.4, 0.5) is 0 Å². The Morgan fingerprint density at radius 1 is 0.968 bits per heavy atom. The predicted octanol–water partition coefficient (Wildman–Crippen LogP) is -0.264. The van der Waals surface area contributed by atoms with Gasteiger partial charge in [0.2, 0.25) is 6.29 Å². The molecule has 0 aromatic heterocycles. The van der Waals surface area contributed by atoms with Crippen LogP contribution >= 0.6 is 0 Å². The highest BCUT2D eigenvalue weighted by atomic mass is 16.7. The molecular weight excluding hydrogens is 412 g/mol. The Balaban J connectivity index is 1.52. The topological polar surface area (TPSA) is 166 Å². The van der Waals surface area contributed by atoms with Gasteiger partial charge < -0.3 is 44.8 Å². The molecule has 5 atom stereocenters. The Hall–Kier alpha value is -3.15. The Labute approximate surface area is 175 Å². The summed E-state index contributed by atoms with van der Waals surface area (Å²) >= 11 is 0. The van der Waals surface area contributed by atoms with Gasteiger partial charge in [0.05, 0.1) is 12.2 Å². The maximum absolute atomic E-state index is 12.2. The molecule has 31 heavy (non-hydrogen) atoms. The van der Waals surface area contributed by atoms with Crippen LogP contribution in [0.25, 0.3) is 11.6 Å². The molecule has 0 radical (unpaired) electrons. The number of carbonyl (C=O) groups is 1. The van der Waals surface area contributed by atoms with Crippen LogP contribution in [0, 0.1) is 0 Å². The molecule has 2 aliphatic rings. The fraction of sp³-hybridized carbons (Fsp3) is 0.286. The second-order valence-electron chi connectivity index (χ2n) is 7.17. The first-order valence-electron chi connectivity index (χ1n) is 9.36. The molecule has 10 heteroatoms. The molecule has 10 nitrogen and oxygen atoms in total. The van der Waals surface area contributed by atoms with Crippen molar-refractivity contribution in [2.45, 2.75) is 30.7 Å². The zero-order chi connectivity index (χ0) is 22.3. The monoisotopic (exact) mass is 432 g/mol. The van der Waals surface area contributed by atoms with Crippen molar-refractivity contribution < 1.29 is 49.6 Å². The van der Waals surface area contributed by atoms with Gasteiger partial charge in [-0.05, 0) is 29.8 Å². The summed E-state index contributed by atoms with van der Waals surface area (Å²) in [5, 5.41) is 58.2. The van der Waals surface area contributed by atoms with Crippen LogP contribution in [-0.4, -0.2) is 73.9 Å². The SMILES string of the molecule is O=C1Oc2cc(O)c(O)cc2C1=Cc1ccc(O[C@@H]2O[C@H](CO)[C@@H](O)[C@H](O)[C@H]2O)cc1. The van der Waals surface area contributed by atoms with Gasteiger partial charge in [-0.2, -0.15) is 0 Å². The third-order valence-electron chi connectivity index (χ3n) is 5.08. The van der Waals surface area contributed by atoms with Crippen molar-refractivity contribution >= 4 is 17.6 Å². The lowest BCUT2D eigenvalue weighted by Crippen LogP contribution is -2.60. The van der Waals surface area contributed by atoms with Crippen LogP contribution in [0.3, 0.4) is 0 Å². The highest BCUT2D eigenvalue weighted by molar-refractivity contribution is 6.26. The number of phenols is 2. The number of aliphatic hydroxyl groups is 4. The number of aromatic hydroxyl groups is 2. The molecule has 2 aromatic carbocycles. The Morgan fingerprint density at radius 2 is 1.65 bits per heavy atom. The zero-order valence-electron chi connectivity index (χ0n) is 16.0. The van der Waals surface area contributed by atoms with Crippen LogP contribution < -0.4 is 9.47 Å². The second kappa shape index (κ2) is 8.17. The minimum absolute atomic E-state index is 0.133. The molecule has 0 unspecified atom stereocenters. The minimum Gasteiger partial charge on any atom is -0.504 e. The maximum Gasteiger partial charge on any atom is 0.344 e. The summed E-state index contributed by atoms with van der Waals surface area (Å²) in [6, 6.07) is 8.67. The molecule has 1 saturated heterocycles. The fourth-order valence-electron chi connectivity index (χ4n) is 3.36. The van der Waals surface area contributed by atoms with E-state index in [0.29, 0.717) is 11.1 Å². The van der Waals surface area contributed by atoms with E-state index in [4.69, 9.17) is 14.2 Å². The number of fused-ring (bicyclic) bond motifs is 1. The summed E-state index contributed by atoms with van der Waals surface area (Å²) < 4.78 is 15.9. The van der Waals surface area contributed by atoms with Gasteiger partial charge in [0.1, 0.15) is 35.9 Å². The van der Waals surface area contributed by atoms with E-state index in [2.05, 4.69) is 0 Å². The molecule has 4 rings (SSSR count). The maximum atomic E-state index is 12.2. The first-order valence-corrected chi connectivity index (χ1v) is 9.36. The average molecular weight is 432 g/mol. The summed E-state index contributed by atoms with van der Waals surface area (Å²) in [4.78, 5) is 12.2. The number of ether oxygens (including phenoxy) is 3. The van der Waals surface area contributed by atoms with E-state index >= 15 is 0 Å². The normalized spacial score (nSPS) is 29.0. The fourth-order valence-corrected chi connectivity index (χ4v) is 3.36. The number of aliphatic hydroxyl groups excluding tert-OH is 4. The van der Waals surface area contributed by atoms with E-state index in [1.807, 2.05) is 0 Å². The second-order valence-corrected chi connectivity index (χ2v) is 7.17. The average Bonchev–Trinajstić information content (AvgIpc) is 3.04. The van der Waals surface area contributed by atoms with Gasteiger partial charge in [-0.15, -0.1) is 0 Å². The van der Waals surface area contributed by atoms with E-state index in [-0.39, 0.29) is 22.8 Å². The lowest BCUT2D eigenvalue weighted by atomic mass is 9.99. The van der Waals surface area contributed by atoms with Crippen LogP contribution in [0.5, 0.6) is 23.0 Å². The number of hydrogen-bond acceptors (Lipinski definition) is 10. The predicted molar refractivity (Wildman–Crippen MR) is 104 cm³/mol. The van der Waals surface area contributed by atoms with Gasteiger partial charge in [-0.25, -0.2) is 4.79 Å². The molecule has 164 valence electrons. The van der Waals surface area contributed by atoms with E-state index in [9.17, 15) is 35.4 Å². The van der Waals surface area contributed by atoms with Crippen molar-refractivity contribution in [3.8, 4) is 23.0 Å². The number of carbonyl (C=O) groups excluding carboxylic acids is 1. The van der Waals surface area contributed by atoms with Crippen LogP contribution in [-0.2, 0) is 9.53 Å². The summed E-state index contributed by atoms with van der Waals surface area (Å²) in [5.41, 5.74) is 1.11. The van der Waals surface area contributed by atoms with Gasteiger partial charge in [-0.3, -0.25) is 0 Å². The van der Waals surface area contributed by atoms with E-state index in [0.717, 1.165) is 6.07 Å². The van der Waals surface area contributed by atoms with E-state index in [1.54, 1.807) is 12.1 Å². The molecule has 0 bridgehead atoms. The summed E-state index contributed by atoms with van der Waals surface area (Å²) in [5.74, 6) is -1.02. The Morgan fingerprint density at radius 3 is 2.32 bits per heavy atom. The summed E-state index contributed by atoms with van der Waals surface area (Å²) in [6.07, 6.45) is -5.44. The van der Waals surface area contributed by atoms with Crippen molar-refractivity contribution in [2.24, 2.45) is 0 Å². The lowest BCUT2D eigenvalue weighted by molar-refractivity contribution is -0.277. The quantitative estimate of drug-likeness (QED) is 0.164. The van der Waals surface area contributed by atoms with Crippen molar-refractivity contribution in [3.05, 3.63) is 47.5 Å². The van der Waals surface area contributed by atoms with Crippen molar-refractivity contribution in [1.29, 1.82) is 0 Å². The number of hydrogen-bond donors (Lipinski definition) is 6. The third-order valence-corrected chi connectivity index (χ3v) is 5.08. The van der Waals surface area contributed by atoms with Gasteiger partial charge in [0.15, 0.2) is 11.5 Å². The minimum atomic E-state index is -1.55. The first-order chi connectivity index (χ1) is 14.8. The van der Waals surface area contributed by atoms with Gasteiger partial charge in [0.25, 0.3) is 0 Å². The number of phenolic OH excluding ortho intramolecular Hbond substituents is 2. The Bertz CT molecular complexity index is 1010. The molecule has 2 heterocycles. The summed E-state index contributed by atoms with van der Waals surface area (Å²) in [6.45, 7) is -0.567. The molecule has 0 aliphatic carbocycles. The molecule has 0 amide bonds. The number of esters is 1. The highest BCUT2D eigenvalue weighted by Crippen LogP contribution is 2.42. The Kier molecular flexibility index (Phi) is 5.56. The van der Waals surface area contributed by atoms with Crippen molar-refractivity contribution in [2.75, 3.05) is 6.61 Å². The van der Waals surface area contributed by atoms with Crippen LogP contribution in [0.15, 0.2) is 36.4 Å². The largest absolute Gasteiger partial charge is 0.504 e. The highest BCUT2D eigenvalue weighted by Gasteiger charge is 2.44. The molecule has 2 aromatic rings. The van der Waals surface area contributed by atoms with Crippen molar-refractivity contribution in [1.82, 2.24) is 0 Å². The van der Waals surface area contributed by atoms with Gasteiger partial charge >= 0.3 is 5.97 Å². The van der Waals surface area contributed by atoms with Crippen LogP contribution in [0.2, 0.25) is 0 Å². The zero-order valence-corrected chi connectivity index (χ0v) is 16.0. The standard InChI is InChI=1S/C21H20O10/c22-8-16-17(25)18(26)19(27)21(31-16)29-10-3-1-9(2-4-10)5-12-11-6-13(23)14(24)7-15(11)30-20(12)28/h1-7,16-19,21-27H,8H2/t16-,17-,18+,19-,21-/m1/s1. The number of rotatable bonds is 4. The van der Waals surface area contributed by atoms with Gasteiger partial charge in [-0.1, -0.05) is 12.1 Å². The van der Waals surface area contributed by atoms with Crippen molar-refractivity contribution in [3.63, 3.8) is 0 Å². The molecular formula is C21H20O10. The molecule has 2 aliphatic heterocycles. The summed E-state index contributed by atoms with van der Waals surface area (Å²) in [7, 11) is 0. The molecule has 1 fully saturated rings. The third kappa shape index (κ3) is 3.94. The van der Waals surface area contributed by atoms with E-state index < -0.39 is 49.0 Å². The first kappa shape index (κ1) is 21.1. The number of benzene rings is 2.